The van der Waals surface area contributed by atoms with E-state index in [-0.39, 0.29) is 0 Å². The molecule has 17 aromatic carbocycles. The number of nitriles is 1. The second kappa shape index (κ2) is 25.5. The van der Waals surface area contributed by atoms with Gasteiger partial charge in [0.05, 0.1) is 89.2 Å². The van der Waals surface area contributed by atoms with Crippen molar-refractivity contribution in [2.75, 3.05) is 0 Å². The smallest absolute Gasteiger partial charge is 0.164 e. The molecule has 0 amide bonds. The maximum Gasteiger partial charge on any atom is 0.164 e. The Bertz CT molecular complexity index is 7690. The van der Waals surface area contributed by atoms with Crippen molar-refractivity contribution in [1.82, 2.24) is 42.4 Å². The van der Waals surface area contributed by atoms with E-state index in [1.807, 2.05) is 54.6 Å². The largest absolute Gasteiger partial charge is 0.309 e. The molecule has 0 unspecified atom stereocenters. The fourth-order valence-corrected chi connectivity index (χ4v) is 18.8. The number of hydrogen-bond acceptors (Lipinski definition) is 4. The van der Waals surface area contributed by atoms with E-state index in [2.05, 4.69) is 367 Å². The summed E-state index contributed by atoms with van der Waals surface area (Å²) in [5.41, 5.74) is 26.1. The first kappa shape index (κ1) is 64.8. The van der Waals surface area contributed by atoms with E-state index in [0.29, 0.717) is 23.0 Å². The van der Waals surface area contributed by atoms with Crippen molar-refractivity contribution in [3.05, 3.63) is 394 Å². The lowest BCUT2D eigenvalue weighted by molar-refractivity contribution is 1.07. The highest BCUT2D eigenvalue weighted by atomic mass is 15.1. The Balaban J connectivity index is 0.784. The van der Waals surface area contributed by atoms with Gasteiger partial charge in [-0.15, -0.1) is 0 Å². The summed E-state index contributed by atoms with van der Waals surface area (Å²) >= 11 is 0. The Labute approximate surface area is 664 Å². The molecule has 7 heterocycles. The first-order valence-corrected chi connectivity index (χ1v) is 39.3. The van der Waals surface area contributed by atoms with Crippen molar-refractivity contribution in [2.45, 2.75) is 0 Å². The Morgan fingerprint density at radius 1 is 0.181 bits per heavy atom. The molecular weight excluding hydrogens is 1410 g/mol. The van der Waals surface area contributed by atoms with Crippen LogP contribution in [0.5, 0.6) is 0 Å². The van der Waals surface area contributed by atoms with Crippen LogP contribution in [-0.2, 0) is 0 Å². The fraction of sp³-hybridized carbons (Fsp3) is 0. The number of para-hydroxylation sites is 8. The van der Waals surface area contributed by atoms with E-state index >= 15 is 0 Å². The van der Waals surface area contributed by atoms with Crippen LogP contribution in [0.15, 0.2) is 388 Å². The third kappa shape index (κ3) is 9.86. The highest BCUT2D eigenvalue weighted by Crippen LogP contribution is 2.47. The molecule has 0 N–H and O–H groups in total. The monoisotopic (exact) mass is 1480 g/mol. The minimum Gasteiger partial charge on any atom is -0.309 e. The molecule has 0 aliphatic rings. The topological polar surface area (TPSA) is 92.0 Å². The van der Waals surface area contributed by atoms with Crippen molar-refractivity contribution in [1.29, 1.82) is 5.26 Å². The predicted octanol–water partition coefficient (Wildman–Crippen LogP) is 26.7. The van der Waals surface area contributed by atoms with E-state index in [4.69, 9.17) is 15.0 Å². The summed E-state index contributed by atoms with van der Waals surface area (Å²) < 4.78 is 14.6. The predicted molar refractivity (Wildman–Crippen MR) is 478 cm³/mol. The van der Waals surface area contributed by atoms with Crippen LogP contribution in [0.25, 0.3) is 221 Å². The van der Waals surface area contributed by atoms with E-state index in [0.717, 1.165) is 161 Å². The zero-order valence-corrected chi connectivity index (χ0v) is 62.4. The molecule has 24 aromatic rings. The molecule has 7 aromatic heterocycles. The van der Waals surface area contributed by atoms with Gasteiger partial charge in [0, 0.05) is 115 Å². The summed E-state index contributed by atoms with van der Waals surface area (Å²) in [6.07, 6.45) is 0. The van der Waals surface area contributed by atoms with Crippen LogP contribution in [0.3, 0.4) is 0 Å². The Morgan fingerprint density at radius 3 is 0.741 bits per heavy atom. The minimum absolute atomic E-state index is 0.531. The second-order valence-corrected chi connectivity index (χ2v) is 30.2. The highest BCUT2D eigenvalue weighted by molar-refractivity contribution is 6.17. The van der Waals surface area contributed by atoms with Gasteiger partial charge in [-0.2, -0.15) is 5.26 Å². The van der Waals surface area contributed by atoms with Crippen molar-refractivity contribution in [3.63, 3.8) is 0 Å². The lowest BCUT2D eigenvalue weighted by atomic mass is 9.94. The lowest BCUT2D eigenvalue weighted by Gasteiger charge is -2.20. The van der Waals surface area contributed by atoms with Gasteiger partial charge >= 0.3 is 0 Å². The Hall–Kier alpha value is -16.0. The van der Waals surface area contributed by atoms with Crippen LogP contribution in [0.1, 0.15) is 5.56 Å². The van der Waals surface area contributed by atoms with Gasteiger partial charge in [-0.25, -0.2) is 15.0 Å². The summed E-state index contributed by atoms with van der Waals surface area (Å²) in [7, 11) is 0. The van der Waals surface area contributed by atoms with Crippen molar-refractivity contribution < 1.29 is 0 Å². The highest BCUT2D eigenvalue weighted by Gasteiger charge is 2.27. The van der Waals surface area contributed by atoms with E-state index in [1.54, 1.807) is 0 Å². The second-order valence-electron chi connectivity index (χ2n) is 30.2. The molecule has 0 aliphatic heterocycles. The third-order valence-corrected chi connectivity index (χ3v) is 23.9. The zero-order chi connectivity index (χ0) is 76.2. The molecule has 538 valence electrons. The summed E-state index contributed by atoms with van der Waals surface area (Å²) in [4.78, 5) is 16.0. The van der Waals surface area contributed by atoms with Crippen LogP contribution in [0.2, 0.25) is 0 Å². The number of fused-ring (bicyclic) bond motifs is 18. The molecule has 0 bridgehead atoms. The first-order chi connectivity index (χ1) is 57.5. The molecule has 10 heteroatoms. The Kier molecular flexibility index (Phi) is 14.3. The zero-order valence-electron chi connectivity index (χ0n) is 62.4. The standard InChI is InChI=1S/C106H64N10/c107-65-66-24-23-29-69(58-66)84-59-70(46-52-98(84)115-100-54-48-72(111-90-38-15-7-30-76(90)77-31-8-16-39-91(77)111)61-86(100)87-62-73(49-55-101(87)115)112-92-40-17-9-32-78(92)79-33-10-18-41-93(79)112)85-60-71(106-109-104(67-25-3-1-4-26-67)108-105(110-106)68-27-5-2-6-28-68)47-53-99(85)116-102-56-50-74(113-94-42-19-11-34-80(94)81-35-12-20-43-95(81)113)63-88(102)89-64-75(51-57-103(89)116)114-96-44-21-13-36-82(96)83-37-14-22-45-97(83)114/h1-64H. The maximum atomic E-state index is 10.9. The molecule has 0 spiro atoms. The SMILES string of the molecule is N#Cc1cccc(-c2cc(-c3cc(-c4nc(-c5ccccc5)nc(-c5ccccc5)n4)ccc3-n3c4ccc(-n5c6ccccc6c6ccccc65)cc4c4cc(-n5c6ccccc6c6ccccc65)ccc43)ccc2-n2c3ccc(-n4c5ccccc5c5ccccc54)cc3c3cc(-n4c5ccccc5c5ccccc54)ccc32)c1. The molecule has 24 rings (SSSR count). The molecule has 0 aliphatic carbocycles. The normalized spacial score (nSPS) is 12.0. The van der Waals surface area contributed by atoms with Crippen LogP contribution < -0.4 is 0 Å². The average Bonchev–Trinajstić information content (AvgIpc) is 1.56. The van der Waals surface area contributed by atoms with Crippen LogP contribution in [0, 0.1) is 11.3 Å². The molecule has 10 nitrogen and oxygen atoms in total. The van der Waals surface area contributed by atoms with Crippen LogP contribution in [-0.4, -0.2) is 42.4 Å². The number of aromatic nitrogens is 9. The van der Waals surface area contributed by atoms with Crippen molar-refractivity contribution in [3.8, 4) is 96.6 Å². The van der Waals surface area contributed by atoms with Crippen molar-refractivity contribution >= 4 is 131 Å². The quantitative estimate of drug-likeness (QED) is 0.129. The number of hydrogen-bond donors (Lipinski definition) is 0. The number of rotatable bonds is 11. The third-order valence-electron chi connectivity index (χ3n) is 23.9. The van der Waals surface area contributed by atoms with Gasteiger partial charge in [0.1, 0.15) is 0 Å². The van der Waals surface area contributed by atoms with Gasteiger partial charge in [-0.05, 0) is 175 Å². The van der Waals surface area contributed by atoms with Gasteiger partial charge in [0.25, 0.3) is 0 Å². The number of benzene rings is 17. The summed E-state index contributed by atoms with van der Waals surface area (Å²) in [5, 5.41) is 24.9. The van der Waals surface area contributed by atoms with Gasteiger partial charge in [0.2, 0.25) is 0 Å². The molecule has 0 radical (unpaired) electrons. The van der Waals surface area contributed by atoms with Crippen molar-refractivity contribution in [2.24, 2.45) is 0 Å². The maximum absolute atomic E-state index is 10.9. The van der Waals surface area contributed by atoms with Gasteiger partial charge in [-0.1, -0.05) is 224 Å². The molecule has 0 saturated heterocycles. The van der Waals surface area contributed by atoms with Gasteiger partial charge in [0.15, 0.2) is 17.5 Å². The molecule has 116 heavy (non-hydrogen) atoms. The minimum atomic E-state index is 0.531. The van der Waals surface area contributed by atoms with Crippen LogP contribution in [0.4, 0.5) is 0 Å². The Morgan fingerprint density at radius 2 is 0.431 bits per heavy atom. The van der Waals surface area contributed by atoms with E-state index in [9.17, 15) is 5.26 Å². The average molecular weight is 1480 g/mol. The van der Waals surface area contributed by atoms with E-state index in [1.165, 1.54) is 43.1 Å². The fourth-order valence-electron chi connectivity index (χ4n) is 18.8. The molecule has 0 fully saturated rings. The molecule has 0 saturated carbocycles. The van der Waals surface area contributed by atoms with Gasteiger partial charge < -0.3 is 27.4 Å². The number of nitrogens with zero attached hydrogens (tertiary/aromatic N) is 10. The summed E-state index contributed by atoms with van der Waals surface area (Å²) in [6.45, 7) is 0. The summed E-state index contributed by atoms with van der Waals surface area (Å²) in [5.74, 6) is 1.67. The van der Waals surface area contributed by atoms with E-state index < -0.39 is 0 Å². The van der Waals surface area contributed by atoms with Crippen LogP contribution >= 0.6 is 0 Å². The lowest BCUT2D eigenvalue weighted by Crippen LogP contribution is -2.03. The summed E-state index contributed by atoms with van der Waals surface area (Å²) in [6, 6.07) is 143. The molecule has 0 atom stereocenters. The molecular formula is C106H64N10. The first-order valence-electron chi connectivity index (χ1n) is 39.3. The van der Waals surface area contributed by atoms with Gasteiger partial charge in [-0.3, -0.25) is 0 Å².